The summed E-state index contributed by atoms with van der Waals surface area (Å²) in [6, 6.07) is 2.87. The fraction of sp³-hybridized carbons (Fsp3) is 0.273. The fourth-order valence-electron chi connectivity index (χ4n) is 1.62. The van der Waals surface area contributed by atoms with Crippen LogP contribution in [0.4, 0.5) is 5.69 Å². The lowest BCUT2D eigenvalue weighted by Gasteiger charge is -2.12. The maximum atomic E-state index is 11.0. The molecule has 1 aromatic rings. The first kappa shape index (κ1) is 13.0. The molecule has 1 fully saturated rings. The topological polar surface area (TPSA) is 70.8 Å². The molecule has 0 spiro atoms. The summed E-state index contributed by atoms with van der Waals surface area (Å²) in [6.07, 6.45) is 0.492. The minimum Gasteiger partial charge on any atom is -0.464 e. The predicted molar refractivity (Wildman–Crippen MR) is 66.3 cm³/mol. The number of ether oxygens (including phenoxy) is 3. The molecule has 0 saturated carbocycles. The average molecular weight is 316 g/mol. The highest BCUT2D eigenvalue weighted by atomic mass is 79.9. The molecule has 0 N–H and O–H groups in total. The van der Waals surface area contributed by atoms with Crippen LogP contribution in [0.15, 0.2) is 29.4 Å². The number of halogens is 1. The predicted octanol–water partition coefficient (Wildman–Crippen LogP) is 2.93. The average Bonchev–Trinajstić information content (AvgIpc) is 2.84. The zero-order chi connectivity index (χ0) is 13.1. The second kappa shape index (κ2) is 5.47. The van der Waals surface area contributed by atoms with Gasteiger partial charge in [0, 0.05) is 0 Å². The van der Waals surface area contributed by atoms with Gasteiger partial charge in [0.2, 0.25) is 0 Å². The van der Waals surface area contributed by atoms with Gasteiger partial charge in [-0.3, -0.25) is 10.1 Å². The van der Waals surface area contributed by atoms with Crippen LogP contribution in [0.3, 0.4) is 0 Å². The number of nitro groups is 1. The summed E-state index contributed by atoms with van der Waals surface area (Å²) in [4.78, 5) is 10.5. The van der Waals surface area contributed by atoms with Crippen LogP contribution < -0.4 is 4.74 Å². The van der Waals surface area contributed by atoms with Crippen LogP contribution >= 0.6 is 15.9 Å². The van der Waals surface area contributed by atoms with Gasteiger partial charge in [0.1, 0.15) is 5.75 Å². The largest absolute Gasteiger partial charge is 0.464 e. The van der Waals surface area contributed by atoms with E-state index < -0.39 is 11.2 Å². The van der Waals surface area contributed by atoms with E-state index in [1.165, 1.54) is 12.3 Å². The van der Waals surface area contributed by atoms with E-state index in [-0.39, 0.29) is 5.69 Å². The molecule has 18 heavy (non-hydrogen) atoms. The number of benzene rings is 1. The monoisotopic (exact) mass is 315 g/mol. The Hall–Kier alpha value is -1.44. The van der Waals surface area contributed by atoms with Crippen molar-refractivity contribution in [2.24, 2.45) is 0 Å². The zero-order valence-corrected chi connectivity index (χ0v) is 10.9. The second-order valence-electron chi connectivity index (χ2n) is 3.46. The third-order valence-electron chi connectivity index (χ3n) is 2.36. The molecule has 0 aromatic heterocycles. The van der Waals surface area contributed by atoms with Gasteiger partial charge in [0.15, 0.2) is 6.29 Å². The molecule has 1 saturated heterocycles. The van der Waals surface area contributed by atoms with Crippen LogP contribution in [0, 0.1) is 10.1 Å². The highest BCUT2D eigenvalue weighted by Crippen LogP contribution is 2.38. The molecule has 6 nitrogen and oxygen atoms in total. The van der Waals surface area contributed by atoms with Gasteiger partial charge in [0.25, 0.3) is 5.69 Å². The van der Waals surface area contributed by atoms with E-state index in [0.717, 1.165) is 0 Å². The van der Waals surface area contributed by atoms with E-state index in [2.05, 4.69) is 22.5 Å². The molecule has 0 radical (unpaired) electrons. The summed E-state index contributed by atoms with van der Waals surface area (Å²) in [5.74, 6) is 0.318. The van der Waals surface area contributed by atoms with Crippen molar-refractivity contribution in [3.05, 3.63) is 45.1 Å². The van der Waals surface area contributed by atoms with Crippen molar-refractivity contribution < 1.29 is 19.1 Å². The summed E-state index contributed by atoms with van der Waals surface area (Å²) in [5.41, 5.74) is 0.253. The van der Waals surface area contributed by atoms with E-state index in [4.69, 9.17) is 14.2 Å². The lowest BCUT2D eigenvalue weighted by Crippen LogP contribution is -2.04. The Balaban J connectivity index is 2.46. The van der Waals surface area contributed by atoms with E-state index in [9.17, 15) is 10.1 Å². The molecular formula is C11H10BrNO5. The number of nitro benzene ring substituents is 1. The molecule has 0 bridgehead atoms. The van der Waals surface area contributed by atoms with Crippen LogP contribution in [0.25, 0.3) is 0 Å². The van der Waals surface area contributed by atoms with E-state index >= 15 is 0 Å². The van der Waals surface area contributed by atoms with Crippen molar-refractivity contribution in [2.45, 2.75) is 6.29 Å². The van der Waals surface area contributed by atoms with Gasteiger partial charge in [-0.1, -0.05) is 6.58 Å². The maximum absolute atomic E-state index is 11.0. The SMILES string of the molecule is C=COc1cc([N+](=O)[O-])c(C2OCCO2)cc1Br. The quantitative estimate of drug-likeness (QED) is 0.485. The molecule has 0 atom stereocenters. The molecule has 1 heterocycles. The Morgan fingerprint density at radius 3 is 2.72 bits per heavy atom. The number of hydrogen-bond acceptors (Lipinski definition) is 5. The molecule has 2 rings (SSSR count). The summed E-state index contributed by atoms with van der Waals surface area (Å²) >= 11 is 3.27. The second-order valence-corrected chi connectivity index (χ2v) is 4.31. The van der Waals surface area contributed by atoms with Crippen molar-refractivity contribution in [3.63, 3.8) is 0 Å². The third kappa shape index (κ3) is 2.53. The summed E-state index contributed by atoms with van der Waals surface area (Å²) in [7, 11) is 0. The molecule has 1 aliphatic heterocycles. The Kier molecular flexibility index (Phi) is 3.95. The summed E-state index contributed by atoms with van der Waals surface area (Å²) < 4.78 is 16.2. The van der Waals surface area contributed by atoms with Crippen molar-refractivity contribution in [1.82, 2.24) is 0 Å². The third-order valence-corrected chi connectivity index (χ3v) is 2.98. The Morgan fingerprint density at radius 2 is 2.17 bits per heavy atom. The molecule has 1 aromatic carbocycles. The van der Waals surface area contributed by atoms with Gasteiger partial charge in [-0.2, -0.15) is 0 Å². The molecular weight excluding hydrogens is 306 g/mol. The van der Waals surface area contributed by atoms with Crippen molar-refractivity contribution in [1.29, 1.82) is 0 Å². The molecule has 1 aliphatic rings. The van der Waals surface area contributed by atoms with Gasteiger partial charge < -0.3 is 14.2 Å². The van der Waals surface area contributed by atoms with Gasteiger partial charge in [0.05, 0.1) is 40.5 Å². The standard InChI is InChI=1S/C11H10BrNO5/c1-2-16-10-6-9(13(14)15)7(5-8(10)12)11-17-3-4-18-11/h2,5-6,11H,1,3-4H2. The molecule has 0 amide bonds. The van der Waals surface area contributed by atoms with Crippen LogP contribution in [0.1, 0.15) is 11.9 Å². The van der Waals surface area contributed by atoms with Crippen LogP contribution in [0.2, 0.25) is 0 Å². The lowest BCUT2D eigenvalue weighted by atomic mass is 10.1. The van der Waals surface area contributed by atoms with Crippen molar-refractivity contribution >= 4 is 21.6 Å². The minimum absolute atomic E-state index is 0.109. The van der Waals surface area contributed by atoms with E-state index in [1.807, 2.05) is 0 Å². The Morgan fingerprint density at radius 1 is 1.50 bits per heavy atom. The first-order valence-electron chi connectivity index (χ1n) is 5.12. The molecule has 7 heteroatoms. The minimum atomic E-state index is -0.709. The number of rotatable bonds is 4. The Bertz CT molecular complexity index is 485. The van der Waals surface area contributed by atoms with Gasteiger partial charge in [-0.05, 0) is 22.0 Å². The smallest absolute Gasteiger partial charge is 0.281 e. The molecule has 0 aliphatic carbocycles. The van der Waals surface area contributed by atoms with Crippen molar-refractivity contribution in [3.8, 4) is 5.75 Å². The highest BCUT2D eigenvalue weighted by Gasteiger charge is 2.28. The fourth-order valence-corrected chi connectivity index (χ4v) is 2.08. The first-order chi connectivity index (χ1) is 8.63. The maximum Gasteiger partial charge on any atom is 0.281 e. The highest BCUT2D eigenvalue weighted by molar-refractivity contribution is 9.10. The van der Waals surface area contributed by atoms with Crippen molar-refractivity contribution in [2.75, 3.05) is 13.2 Å². The van der Waals surface area contributed by atoms with Crippen LogP contribution in [-0.2, 0) is 9.47 Å². The summed E-state index contributed by atoms with van der Waals surface area (Å²) in [6.45, 7) is 4.25. The number of hydrogen-bond donors (Lipinski definition) is 0. The molecule has 0 unspecified atom stereocenters. The number of nitrogens with zero attached hydrogens (tertiary/aromatic N) is 1. The lowest BCUT2D eigenvalue weighted by molar-refractivity contribution is -0.386. The summed E-state index contributed by atoms with van der Waals surface area (Å²) in [5, 5.41) is 11.0. The zero-order valence-electron chi connectivity index (χ0n) is 9.30. The van der Waals surface area contributed by atoms with Crippen LogP contribution in [0.5, 0.6) is 5.75 Å². The first-order valence-corrected chi connectivity index (χ1v) is 5.91. The normalized spacial score (nSPS) is 15.6. The van der Waals surface area contributed by atoms with Gasteiger partial charge >= 0.3 is 0 Å². The Labute approximate surface area is 111 Å². The van der Waals surface area contributed by atoms with Crippen LogP contribution in [-0.4, -0.2) is 18.1 Å². The molecule has 96 valence electrons. The van der Waals surface area contributed by atoms with E-state index in [1.54, 1.807) is 6.07 Å². The van der Waals surface area contributed by atoms with Gasteiger partial charge in [-0.15, -0.1) is 0 Å². The van der Waals surface area contributed by atoms with E-state index in [0.29, 0.717) is 29.0 Å². The van der Waals surface area contributed by atoms with Gasteiger partial charge in [-0.25, -0.2) is 0 Å².